The third-order valence-electron chi connectivity index (χ3n) is 2.98. The second kappa shape index (κ2) is 5.74. The maximum Gasteiger partial charge on any atom is 0.225 e. The molecule has 1 amide bonds. The fourth-order valence-electron chi connectivity index (χ4n) is 2.13. The number of nitrogens with zero attached hydrogens (tertiary/aromatic N) is 1. The Bertz CT molecular complexity index is 196. The van der Waals surface area contributed by atoms with Crippen LogP contribution in [0.5, 0.6) is 0 Å². The van der Waals surface area contributed by atoms with E-state index in [1.54, 1.807) is 0 Å². The Kier molecular flexibility index (Phi) is 4.93. The minimum atomic E-state index is 0.208. The van der Waals surface area contributed by atoms with Gasteiger partial charge in [0.1, 0.15) is 0 Å². The normalized spacial score (nSPS) is 23.9. The third-order valence-corrected chi connectivity index (χ3v) is 3.73. The highest BCUT2D eigenvalue weighted by Gasteiger charge is 2.29. The topological polar surface area (TPSA) is 20.3 Å². The first-order chi connectivity index (χ1) is 6.70. The molecule has 0 aromatic rings. The fraction of sp³-hybridized carbons (Fsp3) is 0.909. The van der Waals surface area contributed by atoms with Crippen molar-refractivity contribution in [2.75, 3.05) is 11.9 Å². The van der Waals surface area contributed by atoms with Crippen LogP contribution in [0.4, 0.5) is 0 Å². The Balaban J connectivity index is 2.50. The number of rotatable bonds is 4. The molecule has 0 aromatic heterocycles. The van der Waals surface area contributed by atoms with Crippen molar-refractivity contribution in [2.24, 2.45) is 5.92 Å². The predicted molar refractivity (Wildman–Crippen MR) is 62.6 cm³/mol. The maximum absolute atomic E-state index is 12.0. The number of hydrogen-bond acceptors (Lipinski definition) is 1. The first-order valence-electron chi connectivity index (χ1n) is 5.57. The van der Waals surface area contributed by atoms with Gasteiger partial charge in [-0.2, -0.15) is 0 Å². The number of amides is 1. The summed E-state index contributed by atoms with van der Waals surface area (Å²) in [6.45, 7) is 5.15. The Hall–Kier alpha value is -0.0500. The summed E-state index contributed by atoms with van der Waals surface area (Å²) in [5, 5.41) is 0.928. The van der Waals surface area contributed by atoms with Crippen LogP contribution in [-0.2, 0) is 4.79 Å². The summed E-state index contributed by atoms with van der Waals surface area (Å²) in [6.07, 6.45) is 4.45. The average molecular weight is 262 g/mol. The van der Waals surface area contributed by atoms with Gasteiger partial charge in [0.05, 0.1) is 0 Å². The van der Waals surface area contributed by atoms with Gasteiger partial charge in [-0.15, -0.1) is 0 Å². The van der Waals surface area contributed by atoms with Crippen LogP contribution >= 0.6 is 15.9 Å². The SMILES string of the molecule is CCCC(C)C(=O)N1CCCC1CBr. The molecule has 1 rings (SSSR count). The lowest BCUT2D eigenvalue weighted by Gasteiger charge is -2.26. The standard InChI is InChI=1S/C11H20BrNO/c1-3-5-9(2)11(14)13-7-4-6-10(13)8-12/h9-10H,3-8H2,1-2H3. The smallest absolute Gasteiger partial charge is 0.225 e. The molecule has 0 radical (unpaired) electrons. The van der Waals surface area contributed by atoms with Gasteiger partial charge in [0, 0.05) is 23.8 Å². The van der Waals surface area contributed by atoms with Crippen molar-refractivity contribution in [1.29, 1.82) is 0 Å². The molecule has 0 spiro atoms. The lowest BCUT2D eigenvalue weighted by atomic mass is 10.0. The van der Waals surface area contributed by atoms with Gasteiger partial charge in [-0.05, 0) is 19.3 Å². The molecule has 0 bridgehead atoms. The lowest BCUT2D eigenvalue weighted by Crippen LogP contribution is -2.39. The molecule has 2 unspecified atom stereocenters. The molecular weight excluding hydrogens is 242 g/mol. The van der Waals surface area contributed by atoms with Gasteiger partial charge >= 0.3 is 0 Å². The van der Waals surface area contributed by atoms with Crippen molar-refractivity contribution in [3.8, 4) is 0 Å². The molecule has 0 N–H and O–H groups in total. The van der Waals surface area contributed by atoms with Gasteiger partial charge in [-0.1, -0.05) is 36.2 Å². The fourth-order valence-corrected chi connectivity index (χ4v) is 2.80. The lowest BCUT2D eigenvalue weighted by molar-refractivity contribution is -0.135. The van der Waals surface area contributed by atoms with Crippen molar-refractivity contribution in [3.05, 3.63) is 0 Å². The quantitative estimate of drug-likeness (QED) is 0.713. The molecule has 1 heterocycles. The van der Waals surface area contributed by atoms with Gasteiger partial charge < -0.3 is 4.90 Å². The van der Waals surface area contributed by atoms with Crippen LogP contribution in [0, 0.1) is 5.92 Å². The molecular formula is C11H20BrNO. The maximum atomic E-state index is 12.0. The van der Waals surface area contributed by atoms with Crippen molar-refractivity contribution in [3.63, 3.8) is 0 Å². The first-order valence-corrected chi connectivity index (χ1v) is 6.69. The zero-order chi connectivity index (χ0) is 10.6. The molecule has 1 saturated heterocycles. The van der Waals surface area contributed by atoms with Gasteiger partial charge in [-0.25, -0.2) is 0 Å². The van der Waals surface area contributed by atoms with Crippen molar-refractivity contribution in [2.45, 2.75) is 45.6 Å². The highest BCUT2D eigenvalue weighted by Crippen LogP contribution is 2.22. The molecule has 0 saturated carbocycles. The number of halogens is 1. The van der Waals surface area contributed by atoms with Gasteiger partial charge in [0.2, 0.25) is 5.91 Å². The number of alkyl halides is 1. The summed E-state index contributed by atoms with van der Waals surface area (Å²) >= 11 is 3.48. The van der Waals surface area contributed by atoms with E-state index in [9.17, 15) is 4.79 Å². The minimum absolute atomic E-state index is 0.208. The Labute approximate surface area is 95.2 Å². The monoisotopic (exact) mass is 261 g/mol. The second-order valence-corrected chi connectivity index (χ2v) is 4.82. The summed E-state index contributed by atoms with van der Waals surface area (Å²) in [7, 11) is 0. The molecule has 2 atom stereocenters. The van der Waals surface area contributed by atoms with E-state index in [0.29, 0.717) is 11.9 Å². The third kappa shape index (κ3) is 2.72. The Morgan fingerprint density at radius 3 is 2.93 bits per heavy atom. The predicted octanol–water partition coefficient (Wildman–Crippen LogP) is 2.81. The molecule has 1 aliphatic rings. The molecule has 1 aliphatic heterocycles. The van der Waals surface area contributed by atoms with Crippen LogP contribution in [0.1, 0.15) is 39.5 Å². The minimum Gasteiger partial charge on any atom is -0.339 e. The van der Waals surface area contributed by atoms with Crippen LogP contribution in [0.3, 0.4) is 0 Å². The highest BCUT2D eigenvalue weighted by atomic mass is 79.9. The van der Waals surface area contributed by atoms with Crippen molar-refractivity contribution in [1.82, 2.24) is 4.90 Å². The van der Waals surface area contributed by atoms with E-state index in [1.807, 2.05) is 0 Å². The highest BCUT2D eigenvalue weighted by molar-refractivity contribution is 9.09. The summed E-state index contributed by atoms with van der Waals surface area (Å²) in [5.41, 5.74) is 0. The number of likely N-dealkylation sites (tertiary alicyclic amines) is 1. The van der Waals surface area contributed by atoms with Gasteiger partial charge in [0.15, 0.2) is 0 Å². The zero-order valence-electron chi connectivity index (χ0n) is 9.13. The van der Waals surface area contributed by atoms with Crippen LogP contribution < -0.4 is 0 Å². The molecule has 82 valence electrons. The summed E-state index contributed by atoms with van der Waals surface area (Å²) in [5.74, 6) is 0.563. The number of carbonyl (C=O) groups is 1. The largest absolute Gasteiger partial charge is 0.339 e. The molecule has 3 heteroatoms. The van der Waals surface area contributed by atoms with Crippen LogP contribution in [0.25, 0.3) is 0 Å². The van der Waals surface area contributed by atoms with Crippen LogP contribution in [0.15, 0.2) is 0 Å². The average Bonchev–Trinajstić information content (AvgIpc) is 2.64. The summed E-state index contributed by atoms with van der Waals surface area (Å²) in [4.78, 5) is 14.1. The molecule has 14 heavy (non-hydrogen) atoms. The summed E-state index contributed by atoms with van der Waals surface area (Å²) < 4.78 is 0. The Morgan fingerprint density at radius 2 is 2.36 bits per heavy atom. The zero-order valence-corrected chi connectivity index (χ0v) is 10.7. The van der Waals surface area contributed by atoms with E-state index >= 15 is 0 Å². The van der Waals surface area contributed by atoms with Gasteiger partial charge in [0.25, 0.3) is 0 Å². The van der Waals surface area contributed by atoms with E-state index in [4.69, 9.17) is 0 Å². The molecule has 0 aromatic carbocycles. The molecule has 1 fully saturated rings. The number of hydrogen-bond donors (Lipinski definition) is 0. The molecule has 0 aliphatic carbocycles. The van der Waals surface area contributed by atoms with Crippen LogP contribution in [-0.4, -0.2) is 28.7 Å². The number of carbonyl (C=O) groups excluding carboxylic acids is 1. The van der Waals surface area contributed by atoms with Crippen molar-refractivity contribution >= 4 is 21.8 Å². The van der Waals surface area contributed by atoms with E-state index in [0.717, 1.165) is 31.1 Å². The van der Waals surface area contributed by atoms with E-state index < -0.39 is 0 Å². The first kappa shape index (κ1) is 12.0. The van der Waals surface area contributed by atoms with Gasteiger partial charge in [-0.3, -0.25) is 4.79 Å². The molecule has 2 nitrogen and oxygen atoms in total. The Morgan fingerprint density at radius 1 is 1.64 bits per heavy atom. The van der Waals surface area contributed by atoms with Crippen LogP contribution in [0.2, 0.25) is 0 Å². The second-order valence-electron chi connectivity index (χ2n) is 4.17. The summed E-state index contributed by atoms with van der Waals surface area (Å²) in [6, 6.07) is 0.446. The van der Waals surface area contributed by atoms with E-state index in [2.05, 4.69) is 34.7 Å². The van der Waals surface area contributed by atoms with Crippen molar-refractivity contribution < 1.29 is 4.79 Å². The van der Waals surface area contributed by atoms with E-state index in [-0.39, 0.29) is 5.92 Å². The van der Waals surface area contributed by atoms with E-state index in [1.165, 1.54) is 6.42 Å².